The fraction of sp³-hybridized carbons (Fsp3) is 0.174. The van der Waals surface area contributed by atoms with Gasteiger partial charge in [-0.1, -0.05) is 35.3 Å². The minimum atomic E-state index is -0.0940. The van der Waals surface area contributed by atoms with E-state index in [2.05, 4.69) is 10.6 Å². The Bertz CT molecular complexity index is 1020. The quantitative estimate of drug-likeness (QED) is 0.437. The number of amides is 1. The molecule has 7 heteroatoms. The molecule has 0 aliphatic heterocycles. The third-order valence-electron chi connectivity index (χ3n) is 4.33. The normalized spacial score (nSPS) is 10.4. The van der Waals surface area contributed by atoms with Crippen molar-refractivity contribution in [1.29, 1.82) is 0 Å². The number of rotatable bonds is 8. The molecule has 0 aromatic heterocycles. The molecule has 0 bridgehead atoms. The highest BCUT2D eigenvalue weighted by Gasteiger charge is 2.08. The van der Waals surface area contributed by atoms with Crippen LogP contribution in [0.1, 0.15) is 18.1 Å². The summed E-state index contributed by atoms with van der Waals surface area (Å²) >= 11 is 12.1. The topological polar surface area (TPSA) is 59.6 Å². The van der Waals surface area contributed by atoms with Crippen LogP contribution in [0, 0.1) is 0 Å². The van der Waals surface area contributed by atoms with Gasteiger partial charge in [-0.25, -0.2) is 0 Å². The van der Waals surface area contributed by atoms with E-state index < -0.39 is 0 Å². The van der Waals surface area contributed by atoms with Crippen molar-refractivity contribution < 1.29 is 14.3 Å². The maximum Gasteiger partial charge on any atom is 0.221 e. The number of nitrogens with one attached hydrogen (secondary N) is 2. The number of anilines is 2. The van der Waals surface area contributed by atoms with Crippen LogP contribution in [0.3, 0.4) is 0 Å². The van der Waals surface area contributed by atoms with Crippen molar-refractivity contribution in [2.45, 2.75) is 20.1 Å². The molecule has 3 rings (SSSR count). The van der Waals surface area contributed by atoms with Gasteiger partial charge in [0.25, 0.3) is 0 Å². The lowest BCUT2D eigenvalue weighted by Crippen LogP contribution is -2.06. The van der Waals surface area contributed by atoms with Crippen LogP contribution in [0.2, 0.25) is 10.0 Å². The largest absolute Gasteiger partial charge is 0.493 e. The zero-order valence-electron chi connectivity index (χ0n) is 16.7. The van der Waals surface area contributed by atoms with Crippen molar-refractivity contribution in [3.8, 4) is 11.5 Å². The fourth-order valence-electron chi connectivity index (χ4n) is 2.81. The smallest absolute Gasteiger partial charge is 0.221 e. The average molecular weight is 445 g/mol. The van der Waals surface area contributed by atoms with Gasteiger partial charge in [0.05, 0.1) is 7.11 Å². The lowest BCUT2D eigenvalue weighted by molar-refractivity contribution is -0.114. The number of halogens is 2. The van der Waals surface area contributed by atoms with Gasteiger partial charge in [-0.2, -0.15) is 0 Å². The highest BCUT2D eigenvalue weighted by Crippen LogP contribution is 2.30. The van der Waals surface area contributed by atoms with Crippen LogP contribution in [-0.2, 0) is 17.9 Å². The summed E-state index contributed by atoms with van der Waals surface area (Å²) in [5, 5.41) is 7.24. The summed E-state index contributed by atoms with van der Waals surface area (Å²) in [5.74, 6) is 1.18. The van der Waals surface area contributed by atoms with Crippen LogP contribution in [-0.4, -0.2) is 13.0 Å². The zero-order valence-corrected chi connectivity index (χ0v) is 18.2. The van der Waals surface area contributed by atoms with Crippen molar-refractivity contribution in [2.75, 3.05) is 17.7 Å². The molecule has 0 heterocycles. The van der Waals surface area contributed by atoms with E-state index >= 15 is 0 Å². The van der Waals surface area contributed by atoms with E-state index in [-0.39, 0.29) is 5.91 Å². The molecule has 2 N–H and O–H groups in total. The summed E-state index contributed by atoms with van der Waals surface area (Å²) in [6.45, 7) is 2.40. The Hall–Kier alpha value is -2.89. The van der Waals surface area contributed by atoms with Crippen LogP contribution in [0.5, 0.6) is 11.5 Å². The summed E-state index contributed by atoms with van der Waals surface area (Å²) in [6.07, 6.45) is 0. The molecule has 1 amide bonds. The maximum absolute atomic E-state index is 11.1. The molecule has 0 unspecified atom stereocenters. The Morgan fingerprint density at radius 1 is 0.933 bits per heavy atom. The monoisotopic (exact) mass is 444 g/mol. The second kappa shape index (κ2) is 10.2. The van der Waals surface area contributed by atoms with E-state index in [1.807, 2.05) is 48.5 Å². The number of hydrogen-bond donors (Lipinski definition) is 2. The van der Waals surface area contributed by atoms with Crippen molar-refractivity contribution in [3.05, 3.63) is 81.8 Å². The predicted molar refractivity (Wildman–Crippen MR) is 122 cm³/mol. The van der Waals surface area contributed by atoms with Crippen LogP contribution < -0.4 is 20.1 Å². The molecule has 0 aliphatic rings. The Kier molecular flexibility index (Phi) is 7.44. The van der Waals surface area contributed by atoms with Crippen LogP contribution in [0.25, 0.3) is 0 Å². The van der Waals surface area contributed by atoms with Crippen molar-refractivity contribution >= 4 is 40.5 Å². The van der Waals surface area contributed by atoms with Crippen LogP contribution >= 0.6 is 23.2 Å². The van der Waals surface area contributed by atoms with Gasteiger partial charge in [-0.15, -0.1) is 0 Å². The first-order valence-corrected chi connectivity index (χ1v) is 10.1. The molecular formula is C23H22Cl2N2O3. The SMILES string of the molecule is COc1cc(CNc2ccc(NC(C)=O)cc2)ccc1OCc1ccc(Cl)cc1Cl. The molecule has 0 fully saturated rings. The van der Waals surface area contributed by atoms with Gasteiger partial charge in [0.15, 0.2) is 11.5 Å². The third-order valence-corrected chi connectivity index (χ3v) is 4.92. The van der Waals surface area contributed by atoms with Gasteiger partial charge < -0.3 is 20.1 Å². The highest BCUT2D eigenvalue weighted by atomic mass is 35.5. The summed E-state index contributed by atoms with van der Waals surface area (Å²) in [6, 6.07) is 18.6. The lowest BCUT2D eigenvalue weighted by atomic mass is 10.2. The molecule has 0 atom stereocenters. The second-order valence-corrected chi connectivity index (χ2v) is 7.47. The Balaban J connectivity index is 1.61. The van der Waals surface area contributed by atoms with E-state index in [1.165, 1.54) is 6.92 Å². The molecule has 0 radical (unpaired) electrons. The first-order valence-electron chi connectivity index (χ1n) is 9.30. The van der Waals surface area contributed by atoms with E-state index in [0.29, 0.717) is 34.7 Å². The Morgan fingerprint density at radius 3 is 2.33 bits per heavy atom. The van der Waals surface area contributed by atoms with Gasteiger partial charge in [0.1, 0.15) is 6.61 Å². The number of benzene rings is 3. The number of ether oxygens (including phenoxy) is 2. The van der Waals surface area contributed by atoms with Crippen molar-refractivity contribution in [1.82, 2.24) is 0 Å². The first-order chi connectivity index (χ1) is 14.4. The maximum atomic E-state index is 11.1. The zero-order chi connectivity index (χ0) is 21.5. The fourth-order valence-corrected chi connectivity index (χ4v) is 3.28. The standard InChI is InChI=1S/C23H22Cl2N2O3/c1-15(28)27-20-8-6-19(7-9-20)26-13-16-3-10-22(23(11-16)29-2)30-14-17-4-5-18(24)12-21(17)25/h3-12,26H,13-14H2,1-2H3,(H,27,28). The minimum Gasteiger partial charge on any atom is -0.493 e. The average Bonchev–Trinajstić information content (AvgIpc) is 2.72. The van der Waals surface area contributed by atoms with E-state index in [0.717, 1.165) is 22.5 Å². The molecule has 0 spiro atoms. The Labute approximate surface area is 185 Å². The minimum absolute atomic E-state index is 0.0940. The van der Waals surface area contributed by atoms with Gasteiger partial charge in [-0.05, 0) is 54.1 Å². The molecule has 0 aliphatic carbocycles. The molecule has 30 heavy (non-hydrogen) atoms. The third kappa shape index (κ3) is 6.05. The van der Waals surface area contributed by atoms with E-state index in [1.54, 1.807) is 19.2 Å². The highest BCUT2D eigenvalue weighted by molar-refractivity contribution is 6.35. The molecular weight excluding hydrogens is 423 g/mol. The van der Waals surface area contributed by atoms with Crippen molar-refractivity contribution in [2.24, 2.45) is 0 Å². The Morgan fingerprint density at radius 2 is 1.67 bits per heavy atom. The summed E-state index contributed by atoms with van der Waals surface area (Å²) in [7, 11) is 1.61. The van der Waals surface area contributed by atoms with Crippen LogP contribution in [0.4, 0.5) is 11.4 Å². The summed E-state index contributed by atoms with van der Waals surface area (Å²) < 4.78 is 11.4. The molecule has 3 aromatic rings. The van der Waals surface area contributed by atoms with Crippen molar-refractivity contribution in [3.63, 3.8) is 0 Å². The second-order valence-electron chi connectivity index (χ2n) is 6.62. The summed E-state index contributed by atoms with van der Waals surface area (Å²) in [4.78, 5) is 11.1. The lowest BCUT2D eigenvalue weighted by Gasteiger charge is -2.14. The van der Waals surface area contributed by atoms with E-state index in [4.69, 9.17) is 32.7 Å². The molecule has 3 aromatic carbocycles. The van der Waals surface area contributed by atoms with Gasteiger partial charge in [0, 0.05) is 40.5 Å². The molecule has 0 saturated heterocycles. The van der Waals surface area contributed by atoms with Gasteiger partial charge in [0.2, 0.25) is 5.91 Å². The number of carbonyl (C=O) groups is 1. The number of hydrogen-bond acceptors (Lipinski definition) is 4. The first kappa shape index (κ1) is 21.8. The molecule has 156 valence electrons. The van der Waals surface area contributed by atoms with Gasteiger partial charge in [-0.3, -0.25) is 4.79 Å². The number of carbonyl (C=O) groups excluding carboxylic acids is 1. The summed E-state index contributed by atoms with van der Waals surface area (Å²) in [5.41, 5.74) is 3.59. The predicted octanol–water partition coefficient (Wildman–Crippen LogP) is 6.15. The van der Waals surface area contributed by atoms with E-state index in [9.17, 15) is 4.79 Å². The molecule has 5 nitrogen and oxygen atoms in total. The van der Waals surface area contributed by atoms with Gasteiger partial charge >= 0.3 is 0 Å². The molecule has 0 saturated carbocycles. The number of methoxy groups -OCH3 is 1. The van der Waals surface area contributed by atoms with Crippen LogP contribution in [0.15, 0.2) is 60.7 Å².